The highest BCUT2D eigenvalue weighted by Gasteiger charge is 2.52. The van der Waals surface area contributed by atoms with Crippen LogP contribution in [-0.2, 0) is 19.1 Å². The van der Waals surface area contributed by atoms with Gasteiger partial charge in [-0.3, -0.25) is 14.4 Å². The number of ketones is 2. The van der Waals surface area contributed by atoms with E-state index < -0.39 is 53.2 Å². The molecular weight excluding hydrogens is 496 g/mol. The average molecular weight is 539 g/mol. The van der Waals surface area contributed by atoms with Gasteiger partial charge in [0.15, 0.2) is 0 Å². The van der Waals surface area contributed by atoms with Crippen molar-refractivity contribution in [1.82, 2.24) is 4.98 Å². The first-order chi connectivity index (χ1) is 17.0. The summed E-state index contributed by atoms with van der Waals surface area (Å²) in [6.07, 6.45) is -0.0717. The number of hydrogen-bond donors (Lipinski definition) is 4. The number of rotatable bonds is 15. The quantitative estimate of drug-likeness (QED) is 0.246. The summed E-state index contributed by atoms with van der Waals surface area (Å²) in [4.78, 5) is 41.2. The number of Topliss-reactive ketones (excluding diaryl/α,β-unsaturated/α-hetero) is 2. The highest BCUT2D eigenvalue weighted by atomic mass is 32.1. The van der Waals surface area contributed by atoms with Crippen LogP contribution in [-0.4, -0.2) is 67.8 Å². The van der Waals surface area contributed by atoms with Gasteiger partial charge in [0.05, 0.1) is 46.5 Å². The van der Waals surface area contributed by atoms with E-state index in [0.29, 0.717) is 12.8 Å². The van der Waals surface area contributed by atoms with Gasteiger partial charge in [-0.1, -0.05) is 33.3 Å². The number of nitrogens with two attached hydrogens (primary N) is 1. The van der Waals surface area contributed by atoms with E-state index in [4.69, 9.17) is 15.6 Å². The van der Waals surface area contributed by atoms with Crippen molar-refractivity contribution in [2.24, 2.45) is 23.0 Å². The van der Waals surface area contributed by atoms with Crippen molar-refractivity contribution >= 4 is 34.9 Å². The molecule has 7 atom stereocenters. The Hall–Kier alpha value is -1.98. The summed E-state index contributed by atoms with van der Waals surface area (Å²) in [6.45, 7) is 11.8. The lowest BCUT2D eigenvalue weighted by atomic mass is 9.73. The van der Waals surface area contributed by atoms with Crippen molar-refractivity contribution in [3.63, 3.8) is 0 Å². The van der Waals surface area contributed by atoms with E-state index in [9.17, 15) is 24.6 Å². The molecule has 9 nitrogen and oxygen atoms in total. The van der Waals surface area contributed by atoms with Crippen LogP contribution in [0, 0.1) is 24.2 Å². The zero-order valence-electron chi connectivity index (χ0n) is 22.9. The lowest BCUT2D eigenvalue weighted by Gasteiger charge is -2.33. The number of nitrogens with zero attached hydrogens (tertiary/aromatic N) is 1. The molecule has 0 aliphatic carbocycles. The van der Waals surface area contributed by atoms with Crippen LogP contribution in [0.25, 0.3) is 6.08 Å². The Morgan fingerprint density at radius 1 is 1.27 bits per heavy atom. The van der Waals surface area contributed by atoms with Crippen LogP contribution >= 0.6 is 11.3 Å². The number of carbonyl (C=O) groups is 3. The number of aryl methyl sites for hydroxylation is 1. The van der Waals surface area contributed by atoms with Crippen molar-refractivity contribution in [3.05, 3.63) is 21.7 Å². The Balaban J connectivity index is 1.88. The summed E-state index contributed by atoms with van der Waals surface area (Å²) in [5.41, 5.74) is 6.41. The minimum atomic E-state index is -1.41. The van der Waals surface area contributed by atoms with Crippen molar-refractivity contribution in [1.29, 1.82) is 0 Å². The first-order valence-corrected chi connectivity index (χ1v) is 13.6. The third kappa shape index (κ3) is 8.00. The standard InChI is InChI=1S/C27H42N2O7S/c1-14(10-18-13-37-17(4)29-18)19(28)11-22-27(7,36-22)9-8-20(30)15(2)24(34)16(3)25(35)26(5,6)21(31)12-23(32)33/h10,13,15-16,19,21-22,24,31,34H,8-9,11-12,28H2,1-7H3,(H,32,33)/b14-10+/t15?,16-,19+,21+,22+,24+,27-/m1/s1. The summed E-state index contributed by atoms with van der Waals surface area (Å²) in [5.74, 6) is -3.66. The number of epoxide rings is 1. The summed E-state index contributed by atoms with van der Waals surface area (Å²) in [6, 6.07) is -0.197. The molecule has 2 heterocycles. The fraction of sp³-hybridized carbons (Fsp3) is 0.704. The number of ether oxygens (including phenoxy) is 1. The Morgan fingerprint density at radius 3 is 2.43 bits per heavy atom. The van der Waals surface area contributed by atoms with Crippen LogP contribution in [0.3, 0.4) is 0 Å². The molecule has 1 aromatic heterocycles. The largest absolute Gasteiger partial charge is 0.481 e. The van der Waals surface area contributed by atoms with Crippen LogP contribution < -0.4 is 5.73 Å². The molecule has 0 aromatic carbocycles. The SMILES string of the molecule is C/C(=C\c1csc(C)n1)[C@@H](N)C[C@@H]1O[C@]1(C)CCC(=O)C(C)[C@H](O)[C@@H](C)C(=O)C(C)(C)[C@@H](O)CC(=O)O. The number of aliphatic hydroxyl groups excluding tert-OH is 2. The predicted octanol–water partition coefficient (Wildman–Crippen LogP) is 3.14. The summed E-state index contributed by atoms with van der Waals surface area (Å²) in [5, 5.41) is 32.9. The van der Waals surface area contributed by atoms with Gasteiger partial charge in [0.25, 0.3) is 0 Å². The van der Waals surface area contributed by atoms with Gasteiger partial charge in [-0.25, -0.2) is 4.98 Å². The molecule has 1 aliphatic rings. The first kappa shape index (κ1) is 31.2. The fourth-order valence-electron chi connectivity index (χ4n) is 4.56. The summed E-state index contributed by atoms with van der Waals surface area (Å²) >= 11 is 1.58. The second-order valence-corrected chi connectivity index (χ2v) is 12.2. The highest BCUT2D eigenvalue weighted by molar-refractivity contribution is 7.09. The van der Waals surface area contributed by atoms with Gasteiger partial charge >= 0.3 is 5.97 Å². The molecule has 0 bridgehead atoms. The monoisotopic (exact) mass is 538 g/mol. The molecule has 1 aromatic rings. The second kappa shape index (κ2) is 12.3. The smallest absolute Gasteiger partial charge is 0.306 e. The molecule has 2 rings (SSSR count). The molecule has 1 saturated heterocycles. The van der Waals surface area contributed by atoms with Crippen LogP contribution in [0.2, 0.25) is 0 Å². The molecule has 1 fully saturated rings. The molecular formula is C27H42N2O7S. The Bertz CT molecular complexity index is 1020. The molecule has 0 amide bonds. The Kier molecular flexibility index (Phi) is 10.3. The maximum absolute atomic E-state index is 12.9. The summed E-state index contributed by atoms with van der Waals surface area (Å²) in [7, 11) is 0. The molecule has 1 aliphatic heterocycles. The number of aliphatic hydroxyl groups is 2. The lowest BCUT2D eigenvalue weighted by Crippen LogP contribution is -2.46. The molecule has 0 saturated carbocycles. The number of aliphatic carboxylic acids is 1. The third-order valence-electron chi connectivity index (χ3n) is 7.75. The van der Waals surface area contributed by atoms with E-state index in [1.165, 1.54) is 20.8 Å². The van der Waals surface area contributed by atoms with Crippen LogP contribution in [0.5, 0.6) is 0 Å². The van der Waals surface area contributed by atoms with Crippen molar-refractivity contribution in [2.45, 2.75) is 104 Å². The zero-order valence-corrected chi connectivity index (χ0v) is 23.7. The Labute approximate surface area is 223 Å². The van der Waals surface area contributed by atoms with Crippen molar-refractivity contribution in [2.75, 3.05) is 0 Å². The number of hydrogen-bond acceptors (Lipinski definition) is 9. The van der Waals surface area contributed by atoms with Gasteiger partial charge in [-0.05, 0) is 39.7 Å². The first-order valence-electron chi connectivity index (χ1n) is 12.7. The van der Waals surface area contributed by atoms with Gasteiger partial charge < -0.3 is 25.8 Å². The molecule has 1 unspecified atom stereocenters. The van der Waals surface area contributed by atoms with Gasteiger partial charge in [-0.2, -0.15) is 0 Å². The van der Waals surface area contributed by atoms with E-state index in [1.807, 2.05) is 32.2 Å². The molecule has 37 heavy (non-hydrogen) atoms. The minimum absolute atomic E-state index is 0.0759. The molecule has 10 heteroatoms. The number of aromatic nitrogens is 1. The second-order valence-electron chi connectivity index (χ2n) is 11.2. The number of carboxylic acid groups (broad SMARTS) is 1. The Morgan fingerprint density at radius 2 is 1.89 bits per heavy atom. The molecule has 0 spiro atoms. The molecule has 5 N–H and O–H groups in total. The van der Waals surface area contributed by atoms with E-state index in [1.54, 1.807) is 18.3 Å². The van der Waals surface area contributed by atoms with E-state index in [0.717, 1.165) is 16.3 Å². The molecule has 0 radical (unpaired) electrons. The third-order valence-corrected chi connectivity index (χ3v) is 8.54. The van der Waals surface area contributed by atoms with E-state index >= 15 is 0 Å². The number of carbonyl (C=O) groups excluding carboxylic acids is 2. The van der Waals surface area contributed by atoms with Gasteiger partial charge in [0.1, 0.15) is 11.6 Å². The fourth-order valence-corrected chi connectivity index (χ4v) is 5.13. The minimum Gasteiger partial charge on any atom is -0.481 e. The molecule has 208 valence electrons. The van der Waals surface area contributed by atoms with Gasteiger partial charge in [-0.15, -0.1) is 11.3 Å². The van der Waals surface area contributed by atoms with Gasteiger partial charge in [0, 0.05) is 29.7 Å². The maximum Gasteiger partial charge on any atom is 0.306 e. The van der Waals surface area contributed by atoms with Crippen molar-refractivity contribution in [3.8, 4) is 0 Å². The predicted molar refractivity (Wildman–Crippen MR) is 142 cm³/mol. The zero-order chi connectivity index (χ0) is 28.3. The normalized spacial score (nSPS) is 24.2. The van der Waals surface area contributed by atoms with E-state index in [2.05, 4.69) is 4.98 Å². The summed E-state index contributed by atoms with van der Waals surface area (Å²) < 4.78 is 5.89. The van der Waals surface area contributed by atoms with E-state index in [-0.39, 0.29) is 24.3 Å². The lowest BCUT2D eigenvalue weighted by molar-refractivity contribution is -0.147. The number of carboxylic acids is 1. The average Bonchev–Trinajstić information content (AvgIpc) is 3.26. The van der Waals surface area contributed by atoms with Crippen LogP contribution in [0.15, 0.2) is 11.0 Å². The van der Waals surface area contributed by atoms with Crippen molar-refractivity contribution < 1.29 is 34.4 Å². The van der Waals surface area contributed by atoms with Gasteiger partial charge in [0.2, 0.25) is 0 Å². The topological polar surface area (TPSA) is 163 Å². The van der Waals surface area contributed by atoms with Crippen LogP contribution in [0.1, 0.15) is 77.9 Å². The maximum atomic E-state index is 12.9. The number of thiazole rings is 1. The van der Waals surface area contributed by atoms with Crippen LogP contribution in [0.4, 0.5) is 0 Å². The highest BCUT2D eigenvalue weighted by Crippen LogP contribution is 2.43.